The first kappa shape index (κ1) is 25.3. The van der Waals surface area contributed by atoms with Gasteiger partial charge in [-0.3, -0.25) is 9.59 Å². The first-order valence-electron chi connectivity index (χ1n) is 12.6. The first-order chi connectivity index (χ1) is 17.0. The Balaban J connectivity index is 1.61. The van der Waals surface area contributed by atoms with Crippen LogP contribution in [0.5, 0.6) is 0 Å². The van der Waals surface area contributed by atoms with Crippen LogP contribution in [0.25, 0.3) is 0 Å². The van der Waals surface area contributed by atoms with E-state index in [0.717, 1.165) is 0 Å². The number of carbonyl (C=O) groups excluding carboxylic acids is 3. The van der Waals surface area contributed by atoms with E-state index in [4.69, 9.17) is 16.3 Å². The standard InChI is InChI=1S/C29H32ClFO5/c1-17-13-22-21-10-9-19-14-20(32)11-12-26(19,2)28(21,31)23(33)15-27(22,3)29(17,24(34)16-30)36-25(35)18-7-5-4-6-8-18/h4-8,11-12,14,17,21-23,33H,9-10,13,15-16H2,1-3H3/t17-,21-,22-,23-,26-,27-,28-,29-/m0/s1. The number of Topliss-reactive ketones (excluding diaryl/α,β-unsaturated/α-hetero) is 1. The van der Waals surface area contributed by atoms with E-state index in [1.165, 1.54) is 12.2 Å². The first-order valence-corrected chi connectivity index (χ1v) is 13.2. The van der Waals surface area contributed by atoms with Crippen molar-refractivity contribution in [2.75, 3.05) is 5.88 Å². The van der Waals surface area contributed by atoms with Crippen LogP contribution >= 0.6 is 11.6 Å². The van der Waals surface area contributed by atoms with E-state index in [9.17, 15) is 19.5 Å². The fourth-order valence-corrected chi connectivity index (χ4v) is 8.48. The minimum absolute atomic E-state index is 0.0651. The highest BCUT2D eigenvalue weighted by Crippen LogP contribution is 2.71. The lowest BCUT2D eigenvalue weighted by molar-refractivity contribution is -0.218. The number of ether oxygens (including phenoxy) is 1. The molecule has 192 valence electrons. The number of rotatable bonds is 4. The molecule has 4 aliphatic rings. The summed E-state index contributed by atoms with van der Waals surface area (Å²) >= 11 is 6.11. The molecule has 5 nitrogen and oxygen atoms in total. The third-order valence-electron chi connectivity index (χ3n) is 9.98. The van der Waals surface area contributed by atoms with Gasteiger partial charge in [-0.05, 0) is 62.8 Å². The summed E-state index contributed by atoms with van der Waals surface area (Å²) in [6.07, 6.45) is 4.41. The molecule has 0 bridgehead atoms. The van der Waals surface area contributed by atoms with Crippen LogP contribution in [0.3, 0.4) is 0 Å². The molecule has 0 heterocycles. The third-order valence-corrected chi connectivity index (χ3v) is 10.2. The summed E-state index contributed by atoms with van der Waals surface area (Å²) in [6, 6.07) is 8.45. The van der Waals surface area contributed by atoms with Crippen LogP contribution in [-0.2, 0) is 14.3 Å². The van der Waals surface area contributed by atoms with Crippen molar-refractivity contribution in [2.24, 2.45) is 28.6 Å². The Morgan fingerprint density at radius 2 is 1.89 bits per heavy atom. The van der Waals surface area contributed by atoms with Gasteiger partial charge in [0.25, 0.3) is 0 Å². The van der Waals surface area contributed by atoms with Crippen LogP contribution in [-0.4, -0.2) is 45.9 Å². The van der Waals surface area contributed by atoms with Crippen molar-refractivity contribution in [2.45, 2.75) is 63.8 Å². The van der Waals surface area contributed by atoms with Gasteiger partial charge in [-0.15, -0.1) is 11.6 Å². The molecule has 3 saturated carbocycles. The second-order valence-electron chi connectivity index (χ2n) is 11.4. The molecule has 8 atom stereocenters. The lowest BCUT2D eigenvalue weighted by Crippen LogP contribution is -2.70. The number of ketones is 2. The number of hydrogen-bond donors (Lipinski definition) is 1. The number of esters is 1. The molecule has 7 heteroatoms. The Bertz CT molecular complexity index is 1180. The highest BCUT2D eigenvalue weighted by molar-refractivity contribution is 6.29. The van der Waals surface area contributed by atoms with Gasteiger partial charge in [0.05, 0.1) is 17.5 Å². The number of halogens is 2. The molecule has 0 radical (unpaired) electrons. The van der Waals surface area contributed by atoms with Gasteiger partial charge in [-0.1, -0.05) is 43.7 Å². The monoisotopic (exact) mass is 514 g/mol. The summed E-state index contributed by atoms with van der Waals surface area (Å²) in [5, 5.41) is 11.6. The fourth-order valence-electron chi connectivity index (χ4n) is 8.28. The molecule has 0 aromatic heterocycles. The number of benzene rings is 1. The minimum atomic E-state index is -2.03. The van der Waals surface area contributed by atoms with Gasteiger partial charge in [0.2, 0.25) is 0 Å². The van der Waals surface area contributed by atoms with E-state index in [1.807, 2.05) is 13.8 Å². The van der Waals surface area contributed by atoms with Gasteiger partial charge >= 0.3 is 5.97 Å². The van der Waals surface area contributed by atoms with E-state index >= 15 is 4.39 Å². The predicted octanol–water partition coefficient (Wildman–Crippen LogP) is 5.01. The molecular formula is C29H32ClFO5. The van der Waals surface area contributed by atoms with Crippen molar-refractivity contribution < 1.29 is 28.6 Å². The van der Waals surface area contributed by atoms with Crippen LogP contribution < -0.4 is 0 Å². The number of alkyl halides is 2. The van der Waals surface area contributed by atoms with Gasteiger partial charge in [-0.2, -0.15) is 0 Å². The van der Waals surface area contributed by atoms with E-state index in [0.29, 0.717) is 30.4 Å². The number of fused-ring (bicyclic) bond motifs is 5. The number of hydrogen-bond acceptors (Lipinski definition) is 5. The second-order valence-corrected chi connectivity index (χ2v) is 11.7. The Morgan fingerprint density at radius 1 is 1.19 bits per heavy atom. The Kier molecular flexibility index (Phi) is 5.88. The molecule has 0 spiro atoms. The molecular weight excluding hydrogens is 483 g/mol. The average molecular weight is 515 g/mol. The topological polar surface area (TPSA) is 80.7 Å². The van der Waals surface area contributed by atoms with E-state index in [1.54, 1.807) is 43.3 Å². The molecule has 1 aromatic carbocycles. The van der Waals surface area contributed by atoms with Crippen molar-refractivity contribution in [1.82, 2.24) is 0 Å². The highest BCUT2D eigenvalue weighted by Gasteiger charge is 2.77. The van der Waals surface area contributed by atoms with Crippen LogP contribution in [0.1, 0.15) is 56.8 Å². The van der Waals surface area contributed by atoms with Crippen LogP contribution in [0, 0.1) is 28.6 Å². The summed E-state index contributed by atoms with van der Waals surface area (Å²) in [7, 11) is 0. The SMILES string of the molecule is C[C@H]1C[C@H]2[C@@H]3CCC4=CC(=O)C=C[C@]4(C)[C@@]3(F)[C@@H](O)C[C@]2(C)[C@@]1(OC(=O)c1ccccc1)C(=O)CCl. The maximum Gasteiger partial charge on any atom is 0.339 e. The average Bonchev–Trinajstić information content (AvgIpc) is 3.07. The number of aliphatic hydroxyl groups is 1. The molecule has 0 saturated heterocycles. The molecule has 1 N–H and O–H groups in total. The lowest BCUT2D eigenvalue weighted by atomic mass is 9.44. The maximum absolute atomic E-state index is 17.4. The van der Waals surface area contributed by atoms with Crippen molar-refractivity contribution in [3.05, 3.63) is 59.7 Å². The molecule has 5 rings (SSSR count). The van der Waals surface area contributed by atoms with Crippen molar-refractivity contribution in [3.63, 3.8) is 0 Å². The number of allylic oxidation sites excluding steroid dienone is 4. The minimum Gasteiger partial charge on any atom is -0.447 e. The van der Waals surface area contributed by atoms with Crippen molar-refractivity contribution >= 4 is 29.1 Å². The largest absolute Gasteiger partial charge is 0.447 e. The Hall–Kier alpha value is -2.31. The van der Waals surface area contributed by atoms with Gasteiger partial charge < -0.3 is 9.84 Å². The summed E-state index contributed by atoms with van der Waals surface area (Å²) in [4.78, 5) is 38.9. The van der Waals surface area contributed by atoms with Gasteiger partial charge in [0, 0.05) is 22.7 Å². The zero-order chi connectivity index (χ0) is 26.1. The third kappa shape index (κ3) is 3.06. The molecule has 0 unspecified atom stereocenters. The summed E-state index contributed by atoms with van der Waals surface area (Å²) in [5.41, 5.74) is -4.76. The molecule has 3 fully saturated rings. The smallest absolute Gasteiger partial charge is 0.339 e. The highest BCUT2D eigenvalue weighted by atomic mass is 35.5. The Morgan fingerprint density at radius 3 is 2.56 bits per heavy atom. The zero-order valence-electron chi connectivity index (χ0n) is 20.8. The summed E-state index contributed by atoms with van der Waals surface area (Å²) in [5.74, 6) is -2.93. The van der Waals surface area contributed by atoms with E-state index < -0.39 is 51.8 Å². The molecule has 4 aliphatic carbocycles. The molecule has 1 aromatic rings. The van der Waals surface area contributed by atoms with E-state index in [2.05, 4.69) is 0 Å². The lowest BCUT2D eigenvalue weighted by Gasteiger charge is -2.62. The summed E-state index contributed by atoms with van der Waals surface area (Å²) < 4.78 is 23.5. The van der Waals surface area contributed by atoms with Gasteiger partial charge in [0.1, 0.15) is 0 Å². The van der Waals surface area contributed by atoms with Gasteiger partial charge in [0.15, 0.2) is 22.8 Å². The predicted molar refractivity (Wildman–Crippen MR) is 133 cm³/mol. The zero-order valence-corrected chi connectivity index (χ0v) is 21.6. The fraction of sp³-hybridized carbons (Fsp3) is 0.552. The second kappa shape index (κ2) is 8.35. The normalized spacial score (nSPS) is 43.2. The molecule has 0 amide bonds. The van der Waals surface area contributed by atoms with Crippen molar-refractivity contribution in [1.29, 1.82) is 0 Å². The quantitative estimate of drug-likeness (QED) is 0.451. The van der Waals surface area contributed by atoms with Crippen LogP contribution in [0.2, 0.25) is 0 Å². The van der Waals surface area contributed by atoms with Crippen LogP contribution in [0.4, 0.5) is 4.39 Å². The van der Waals surface area contributed by atoms with Crippen LogP contribution in [0.15, 0.2) is 54.1 Å². The Labute approximate surface area is 215 Å². The number of carbonyl (C=O) groups is 3. The number of aliphatic hydroxyl groups excluding tert-OH is 1. The summed E-state index contributed by atoms with van der Waals surface area (Å²) in [6.45, 7) is 5.46. The molecule has 0 aliphatic heterocycles. The van der Waals surface area contributed by atoms with Crippen molar-refractivity contribution in [3.8, 4) is 0 Å². The van der Waals surface area contributed by atoms with Gasteiger partial charge in [-0.25, -0.2) is 9.18 Å². The molecule has 36 heavy (non-hydrogen) atoms. The van der Waals surface area contributed by atoms with E-state index in [-0.39, 0.29) is 24.0 Å². The maximum atomic E-state index is 17.4.